The third-order valence-corrected chi connectivity index (χ3v) is 5.41. The Morgan fingerprint density at radius 3 is 2.38 bits per heavy atom. The highest BCUT2D eigenvalue weighted by Gasteiger charge is 2.52. The molecule has 2 aromatic carbocycles. The number of hydrogen-bond donors (Lipinski definition) is 3. The van der Waals surface area contributed by atoms with Crippen molar-refractivity contribution in [2.45, 2.75) is 37.0 Å². The Kier molecular flexibility index (Phi) is 5.44. The Hall–Kier alpha value is -2.17. The molecule has 0 radical (unpaired) electrons. The highest BCUT2D eigenvalue weighted by atomic mass is 35.5. The number of benzene rings is 2. The van der Waals surface area contributed by atoms with Crippen LogP contribution in [-0.2, 0) is 10.2 Å². The van der Waals surface area contributed by atoms with Crippen LogP contribution in [0.25, 0.3) is 0 Å². The molecule has 1 aliphatic carbocycles. The van der Waals surface area contributed by atoms with Gasteiger partial charge in [0, 0.05) is 11.6 Å². The van der Waals surface area contributed by atoms with Crippen molar-refractivity contribution in [3.05, 3.63) is 64.7 Å². The van der Waals surface area contributed by atoms with E-state index in [0.29, 0.717) is 17.0 Å². The molecule has 1 aliphatic rings. The number of ketones is 1. The molecule has 0 spiro atoms. The monoisotopic (exact) mass is 371 g/mol. The first-order chi connectivity index (χ1) is 12.5. The second-order valence-electron chi connectivity index (χ2n) is 6.87. The molecule has 3 N–H and O–H groups in total. The summed E-state index contributed by atoms with van der Waals surface area (Å²) in [7, 11) is 0. The van der Waals surface area contributed by atoms with Crippen molar-refractivity contribution in [3.63, 3.8) is 0 Å². The average molecular weight is 372 g/mol. The lowest BCUT2D eigenvalue weighted by atomic mass is 9.83. The van der Waals surface area contributed by atoms with Crippen molar-refractivity contribution in [2.75, 3.05) is 6.61 Å². The van der Waals surface area contributed by atoms with Gasteiger partial charge in [0.05, 0.1) is 11.1 Å². The fraction of sp³-hybridized carbons (Fsp3) is 0.333. The van der Waals surface area contributed by atoms with Crippen molar-refractivity contribution in [1.82, 2.24) is 0 Å². The Morgan fingerprint density at radius 1 is 1.15 bits per heavy atom. The van der Waals surface area contributed by atoms with Crippen molar-refractivity contribution >= 4 is 23.1 Å². The lowest BCUT2D eigenvalue weighted by Crippen LogP contribution is -2.29. The highest BCUT2D eigenvalue weighted by molar-refractivity contribution is 6.42. The van der Waals surface area contributed by atoms with E-state index in [0.717, 1.165) is 18.4 Å². The number of para-hydroxylation sites is 1. The molecule has 0 heterocycles. The van der Waals surface area contributed by atoms with Gasteiger partial charge in [0.25, 0.3) is 0 Å². The number of carbonyl (C=O) groups excluding carboxylic acids is 1. The van der Waals surface area contributed by atoms with E-state index in [9.17, 15) is 15.0 Å². The van der Waals surface area contributed by atoms with Crippen LogP contribution in [0, 0.1) is 5.41 Å². The van der Waals surface area contributed by atoms with Gasteiger partial charge in [0.1, 0.15) is 5.75 Å². The van der Waals surface area contributed by atoms with Crippen molar-refractivity contribution in [1.29, 1.82) is 5.41 Å². The van der Waals surface area contributed by atoms with Crippen LogP contribution in [0.2, 0.25) is 5.02 Å². The van der Waals surface area contributed by atoms with E-state index in [1.165, 1.54) is 0 Å². The van der Waals surface area contributed by atoms with E-state index in [-0.39, 0.29) is 36.2 Å². The third-order valence-electron chi connectivity index (χ3n) is 5.16. The average Bonchev–Trinajstić information content (AvgIpc) is 3.43. The molecule has 0 aromatic heterocycles. The minimum absolute atomic E-state index is 0.0409. The number of aliphatic hydroxyl groups excluding tert-OH is 1. The zero-order valence-electron chi connectivity index (χ0n) is 14.4. The summed E-state index contributed by atoms with van der Waals surface area (Å²) in [6, 6.07) is 14.1. The van der Waals surface area contributed by atoms with E-state index in [4.69, 9.17) is 17.0 Å². The number of halogens is 1. The van der Waals surface area contributed by atoms with Crippen molar-refractivity contribution < 1.29 is 15.0 Å². The summed E-state index contributed by atoms with van der Waals surface area (Å²) in [5.41, 5.74) is 0.997. The van der Waals surface area contributed by atoms with E-state index in [2.05, 4.69) is 0 Å². The molecule has 0 amide bonds. The minimum atomic E-state index is -0.607. The summed E-state index contributed by atoms with van der Waals surface area (Å²) in [5.74, 6) is -0.304. The molecule has 4 nitrogen and oxygen atoms in total. The number of phenols is 1. The summed E-state index contributed by atoms with van der Waals surface area (Å²) in [5, 5.41) is 28.4. The van der Waals surface area contributed by atoms with Crippen molar-refractivity contribution in [2.24, 2.45) is 0 Å². The SMILES string of the molecule is N=C(CC(CCO)c1ccccc1O)C(=O)C1(c2ccc(Cl)cc2)CC1. The second kappa shape index (κ2) is 7.60. The molecule has 136 valence electrons. The Balaban J connectivity index is 1.78. The van der Waals surface area contributed by atoms with E-state index < -0.39 is 5.41 Å². The van der Waals surface area contributed by atoms with Crippen LogP contribution in [0.15, 0.2) is 48.5 Å². The Labute approximate surface area is 158 Å². The first-order valence-corrected chi connectivity index (χ1v) is 9.13. The number of phenolic OH excluding ortho intramolecular Hbond substituents is 1. The molecule has 0 bridgehead atoms. The number of rotatable bonds is 8. The molecule has 1 atom stereocenters. The van der Waals surface area contributed by atoms with Gasteiger partial charge in [-0.25, -0.2) is 0 Å². The van der Waals surface area contributed by atoms with Crippen LogP contribution < -0.4 is 0 Å². The molecule has 5 heteroatoms. The van der Waals surface area contributed by atoms with E-state index in [1.54, 1.807) is 36.4 Å². The minimum Gasteiger partial charge on any atom is -0.508 e. The predicted molar refractivity (Wildman–Crippen MR) is 102 cm³/mol. The smallest absolute Gasteiger partial charge is 0.186 e. The molecular formula is C21H22ClNO3. The van der Waals surface area contributed by atoms with Gasteiger partial charge >= 0.3 is 0 Å². The topological polar surface area (TPSA) is 81.4 Å². The maximum Gasteiger partial charge on any atom is 0.186 e. The lowest BCUT2D eigenvalue weighted by Gasteiger charge is -2.20. The quantitative estimate of drug-likeness (QED) is 0.607. The molecule has 1 saturated carbocycles. The predicted octanol–water partition coefficient (Wildman–Crippen LogP) is 4.22. The van der Waals surface area contributed by atoms with Gasteiger partial charge in [-0.3, -0.25) is 4.79 Å². The first-order valence-electron chi connectivity index (χ1n) is 8.75. The van der Waals surface area contributed by atoms with Crippen LogP contribution in [0.4, 0.5) is 0 Å². The van der Waals surface area contributed by atoms with Gasteiger partial charge in [0.15, 0.2) is 5.78 Å². The molecule has 3 rings (SSSR count). The standard InChI is InChI=1S/C21H22ClNO3/c22-16-7-5-15(6-8-16)21(10-11-21)20(26)18(23)13-14(9-12-24)17-3-1-2-4-19(17)25/h1-8,14,23-25H,9-13H2. The third kappa shape index (κ3) is 3.67. The first kappa shape index (κ1) is 18.6. The number of aromatic hydroxyl groups is 1. The molecule has 2 aromatic rings. The number of hydrogen-bond acceptors (Lipinski definition) is 4. The lowest BCUT2D eigenvalue weighted by molar-refractivity contribution is -0.115. The number of Topliss-reactive ketones (excluding diaryl/α,β-unsaturated/α-hetero) is 1. The number of carbonyl (C=O) groups is 1. The summed E-state index contributed by atoms with van der Waals surface area (Å²) in [4.78, 5) is 13.0. The summed E-state index contributed by atoms with van der Waals surface area (Å²) < 4.78 is 0. The van der Waals surface area contributed by atoms with Gasteiger partial charge < -0.3 is 15.6 Å². The van der Waals surface area contributed by atoms with Gasteiger partial charge in [-0.2, -0.15) is 0 Å². The molecule has 1 fully saturated rings. The second-order valence-corrected chi connectivity index (χ2v) is 7.31. The van der Waals surface area contributed by atoms with Crippen molar-refractivity contribution in [3.8, 4) is 5.75 Å². The van der Waals surface area contributed by atoms with Crippen LogP contribution in [0.1, 0.15) is 42.7 Å². The maximum atomic E-state index is 13.0. The van der Waals surface area contributed by atoms with Crippen LogP contribution in [0.3, 0.4) is 0 Å². The Bertz CT molecular complexity index is 812. The number of aliphatic hydroxyl groups is 1. The van der Waals surface area contributed by atoms with Gasteiger partial charge in [-0.05, 0) is 60.9 Å². The largest absolute Gasteiger partial charge is 0.508 e. The van der Waals surface area contributed by atoms with Gasteiger partial charge in [-0.15, -0.1) is 0 Å². The van der Waals surface area contributed by atoms with Crippen LogP contribution in [0.5, 0.6) is 5.75 Å². The fourth-order valence-electron chi connectivity index (χ4n) is 3.52. The van der Waals surface area contributed by atoms with Crippen LogP contribution in [-0.4, -0.2) is 28.3 Å². The van der Waals surface area contributed by atoms with Crippen LogP contribution >= 0.6 is 11.6 Å². The molecule has 0 saturated heterocycles. The molecular weight excluding hydrogens is 350 g/mol. The summed E-state index contributed by atoms with van der Waals surface area (Å²) in [6.07, 6.45) is 2.06. The zero-order valence-corrected chi connectivity index (χ0v) is 15.2. The van der Waals surface area contributed by atoms with E-state index >= 15 is 0 Å². The van der Waals surface area contributed by atoms with Gasteiger partial charge in [-0.1, -0.05) is 41.9 Å². The fourth-order valence-corrected chi connectivity index (χ4v) is 3.65. The van der Waals surface area contributed by atoms with Gasteiger partial charge in [0.2, 0.25) is 0 Å². The van der Waals surface area contributed by atoms with E-state index in [1.807, 2.05) is 12.1 Å². The highest BCUT2D eigenvalue weighted by Crippen LogP contribution is 2.50. The molecule has 0 aliphatic heterocycles. The molecule has 26 heavy (non-hydrogen) atoms. The zero-order chi connectivity index (χ0) is 18.7. The Morgan fingerprint density at radius 2 is 1.81 bits per heavy atom. The molecule has 1 unspecified atom stereocenters. The number of nitrogens with one attached hydrogen (secondary N) is 1. The summed E-state index contributed by atoms with van der Waals surface area (Å²) in [6.45, 7) is -0.0667. The maximum absolute atomic E-state index is 13.0. The summed E-state index contributed by atoms with van der Waals surface area (Å²) >= 11 is 5.94. The normalized spacial score (nSPS) is 16.1.